The third-order valence-electron chi connectivity index (χ3n) is 5.53. The van der Waals surface area contributed by atoms with E-state index < -0.39 is 24.4 Å². The molecule has 146 valence electrons. The van der Waals surface area contributed by atoms with E-state index in [9.17, 15) is 9.90 Å². The van der Waals surface area contributed by atoms with E-state index in [2.05, 4.69) is 0 Å². The van der Waals surface area contributed by atoms with Crippen molar-refractivity contribution in [2.45, 2.75) is 65.3 Å². The minimum absolute atomic E-state index is 0.140. The molecule has 1 fully saturated rings. The Labute approximate surface area is 160 Å². The molecule has 0 amide bonds. The molecule has 6 nitrogen and oxygen atoms in total. The van der Waals surface area contributed by atoms with Gasteiger partial charge in [-0.15, -0.1) is 0 Å². The quantitative estimate of drug-likeness (QED) is 0.644. The van der Waals surface area contributed by atoms with E-state index in [1.807, 2.05) is 52.8 Å². The minimum Gasteiger partial charge on any atom is -0.449 e. The number of hydrogen-bond donors (Lipinski definition) is 1. The van der Waals surface area contributed by atoms with E-state index in [0.29, 0.717) is 12.1 Å². The van der Waals surface area contributed by atoms with E-state index in [1.165, 1.54) is 4.57 Å². The average molecular weight is 373 g/mol. The first kappa shape index (κ1) is 19.9. The Morgan fingerprint density at radius 1 is 1.22 bits per heavy atom. The number of carbonyl (C=O) groups excluding carboxylic acids is 1. The van der Waals surface area contributed by atoms with Crippen LogP contribution in [0.4, 0.5) is 4.79 Å². The lowest BCUT2D eigenvalue weighted by Crippen LogP contribution is -2.41. The van der Waals surface area contributed by atoms with Crippen LogP contribution in [0.25, 0.3) is 10.9 Å². The molecule has 0 unspecified atom stereocenters. The molecule has 0 atom stereocenters. The van der Waals surface area contributed by atoms with Crippen molar-refractivity contribution in [2.24, 2.45) is 0 Å². The second-order valence-corrected chi connectivity index (χ2v) is 8.01. The first-order valence-electron chi connectivity index (χ1n) is 9.47. The van der Waals surface area contributed by atoms with Gasteiger partial charge in [0.05, 0.1) is 29.9 Å². The Morgan fingerprint density at radius 2 is 1.89 bits per heavy atom. The number of benzene rings is 1. The van der Waals surface area contributed by atoms with Crippen LogP contribution in [-0.2, 0) is 20.7 Å². The first-order valence-corrected chi connectivity index (χ1v) is 9.47. The molecule has 0 spiro atoms. The predicted molar refractivity (Wildman–Crippen MR) is 105 cm³/mol. The van der Waals surface area contributed by atoms with E-state index in [4.69, 9.17) is 14.0 Å². The molecule has 7 heteroatoms. The van der Waals surface area contributed by atoms with Crippen molar-refractivity contribution in [1.29, 1.82) is 0 Å². The second-order valence-electron chi connectivity index (χ2n) is 8.01. The van der Waals surface area contributed by atoms with Crippen LogP contribution in [0.3, 0.4) is 0 Å². The van der Waals surface area contributed by atoms with Crippen LogP contribution in [0, 0.1) is 0 Å². The highest BCUT2D eigenvalue weighted by Gasteiger charge is 2.51. The topological polar surface area (TPSA) is 69.9 Å². The van der Waals surface area contributed by atoms with E-state index in [0.717, 1.165) is 29.3 Å². The molecule has 0 saturated carbocycles. The van der Waals surface area contributed by atoms with Gasteiger partial charge in [0.2, 0.25) is 0 Å². The number of unbranched alkanes of at least 4 members (excludes halogenated alkanes) is 1. The number of nitrogens with zero attached hydrogens (tertiary/aromatic N) is 1. The summed E-state index contributed by atoms with van der Waals surface area (Å²) in [7, 11) is -0.566. The number of aromatic nitrogens is 1. The molecular weight excluding hydrogens is 345 g/mol. The maximum atomic E-state index is 12.4. The Morgan fingerprint density at radius 3 is 2.48 bits per heavy atom. The van der Waals surface area contributed by atoms with Crippen molar-refractivity contribution < 1.29 is 23.9 Å². The number of rotatable bonds is 5. The van der Waals surface area contributed by atoms with Gasteiger partial charge in [0, 0.05) is 11.6 Å². The molecule has 1 N–H and O–H groups in total. The van der Waals surface area contributed by atoms with Crippen molar-refractivity contribution in [3.63, 3.8) is 0 Å². The molecule has 0 aliphatic carbocycles. The number of ether oxygens (including phenoxy) is 1. The summed E-state index contributed by atoms with van der Waals surface area (Å²) in [4.78, 5) is 12.4. The SMILES string of the molecule is CCCCOC(=O)n1ccc2c(CO)cc(B3OC(C)(C)C(C)(C)O3)cc21. The summed E-state index contributed by atoms with van der Waals surface area (Å²) >= 11 is 0. The normalized spacial score (nSPS) is 18.2. The maximum absolute atomic E-state index is 12.4. The standard InChI is InChI=1S/C20H28BNO5/c1-6-7-10-25-18(24)22-9-8-16-14(13-23)11-15(12-17(16)22)21-26-19(2,3)20(4,5)27-21/h8-9,11-12,23H,6-7,10,13H2,1-5H3. The Hall–Kier alpha value is -1.83. The predicted octanol–water partition coefficient (Wildman–Crippen LogP) is 3.22. The summed E-state index contributed by atoms with van der Waals surface area (Å²) in [6.45, 7) is 10.3. The van der Waals surface area contributed by atoms with Crippen LogP contribution in [-0.4, -0.2) is 40.7 Å². The molecule has 27 heavy (non-hydrogen) atoms. The summed E-state index contributed by atoms with van der Waals surface area (Å²) in [5.74, 6) is 0. The van der Waals surface area contributed by atoms with E-state index in [1.54, 1.807) is 6.20 Å². The molecule has 1 aromatic heterocycles. The molecule has 0 bridgehead atoms. The molecule has 1 aliphatic heterocycles. The molecule has 3 rings (SSSR count). The monoisotopic (exact) mass is 373 g/mol. The highest BCUT2D eigenvalue weighted by Crippen LogP contribution is 2.36. The Bertz CT molecular complexity index is 826. The van der Waals surface area contributed by atoms with Crippen molar-refractivity contribution in [3.05, 3.63) is 30.0 Å². The fourth-order valence-electron chi connectivity index (χ4n) is 3.12. The lowest BCUT2D eigenvalue weighted by Gasteiger charge is -2.32. The summed E-state index contributed by atoms with van der Waals surface area (Å²) in [5, 5.41) is 10.6. The zero-order chi connectivity index (χ0) is 19.8. The van der Waals surface area contributed by atoms with Gasteiger partial charge < -0.3 is 19.2 Å². The number of hydrogen-bond acceptors (Lipinski definition) is 5. The van der Waals surface area contributed by atoms with Gasteiger partial charge >= 0.3 is 13.2 Å². The molecule has 1 saturated heterocycles. The molecule has 0 radical (unpaired) electrons. The highest BCUT2D eigenvalue weighted by atomic mass is 16.7. The number of aliphatic hydroxyl groups is 1. The molecular formula is C20H28BNO5. The molecule has 1 aliphatic rings. The van der Waals surface area contributed by atoms with Crippen LogP contribution in [0.1, 0.15) is 53.0 Å². The third-order valence-corrected chi connectivity index (χ3v) is 5.53. The molecule has 2 heterocycles. The molecule has 2 aromatic rings. The van der Waals surface area contributed by atoms with Gasteiger partial charge in [-0.2, -0.15) is 0 Å². The zero-order valence-electron chi connectivity index (χ0n) is 16.7. The number of fused-ring (bicyclic) bond motifs is 1. The number of aliphatic hydroxyl groups excluding tert-OH is 1. The van der Waals surface area contributed by atoms with Crippen LogP contribution < -0.4 is 5.46 Å². The van der Waals surface area contributed by atoms with Gasteiger partial charge in [-0.05, 0) is 57.3 Å². The summed E-state index contributed by atoms with van der Waals surface area (Å²) in [6, 6.07) is 5.56. The van der Waals surface area contributed by atoms with Crippen molar-refractivity contribution in [1.82, 2.24) is 4.57 Å². The fourth-order valence-corrected chi connectivity index (χ4v) is 3.12. The maximum Gasteiger partial charge on any atom is 0.494 e. The lowest BCUT2D eigenvalue weighted by molar-refractivity contribution is 0.00578. The lowest BCUT2D eigenvalue weighted by atomic mass is 9.78. The van der Waals surface area contributed by atoms with Crippen LogP contribution in [0.5, 0.6) is 0 Å². The summed E-state index contributed by atoms with van der Waals surface area (Å²) in [5.41, 5.74) is 1.23. The Balaban J connectivity index is 1.98. The van der Waals surface area contributed by atoms with Gasteiger partial charge in [-0.1, -0.05) is 19.4 Å². The Kier molecular flexibility index (Phi) is 5.39. The smallest absolute Gasteiger partial charge is 0.449 e. The van der Waals surface area contributed by atoms with E-state index in [-0.39, 0.29) is 6.61 Å². The minimum atomic E-state index is -0.566. The number of carbonyl (C=O) groups is 1. The second kappa shape index (κ2) is 7.30. The largest absolute Gasteiger partial charge is 0.494 e. The highest BCUT2D eigenvalue weighted by molar-refractivity contribution is 6.62. The first-order chi connectivity index (χ1) is 12.7. The van der Waals surface area contributed by atoms with Crippen molar-refractivity contribution >= 4 is 29.6 Å². The van der Waals surface area contributed by atoms with Crippen molar-refractivity contribution in [2.75, 3.05) is 6.61 Å². The van der Waals surface area contributed by atoms with Gasteiger partial charge in [0.1, 0.15) is 0 Å². The van der Waals surface area contributed by atoms with Crippen LogP contribution in [0.2, 0.25) is 0 Å². The van der Waals surface area contributed by atoms with Gasteiger partial charge in [0.15, 0.2) is 0 Å². The average Bonchev–Trinajstić information content (AvgIpc) is 3.12. The van der Waals surface area contributed by atoms with Gasteiger partial charge in [0.25, 0.3) is 0 Å². The zero-order valence-corrected chi connectivity index (χ0v) is 16.7. The van der Waals surface area contributed by atoms with Crippen LogP contribution >= 0.6 is 0 Å². The van der Waals surface area contributed by atoms with Gasteiger partial charge in [-0.25, -0.2) is 4.79 Å². The fraction of sp³-hybridized carbons (Fsp3) is 0.550. The molecule has 1 aromatic carbocycles. The summed E-state index contributed by atoms with van der Waals surface area (Å²) < 4.78 is 19.1. The van der Waals surface area contributed by atoms with Gasteiger partial charge in [-0.3, -0.25) is 4.57 Å². The third kappa shape index (κ3) is 3.64. The van der Waals surface area contributed by atoms with E-state index >= 15 is 0 Å². The summed E-state index contributed by atoms with van der Waals surface area (Å²) in [6.07, 6.45) is 3.03. The van der Waals surface area contributed by atoms with Crippen molar-refractivity contribution in [3.8, 4) is 0 Å². The van der Waals surface area contributed by atoms with Crippen LogP contribution in [0.15, 0.2) is 24.4 Å².